The van der Waals surface area contributed by atoms with Crippen LogP contribution in [-0.4, -0.2) is 6.61 Å². The van der Waals surface area contributed by atoms with Crippen molar-refractivity contribution in [3.63, 3.8) is 0 Å². The van der Waals surface area contributed by atoms with E-state index in [1.807, 2.05) is 12.1 Å². The molecule has 0 saturated heterocycles. The van der Waals surface area contributed by atoms with Crippen molar-refractivity contribution < 1.29 is 4.74 Å². The fourth-order valence-electron chi connectivity index (χ4n) is 3.30. The third-order valence-electron chi connectivity index (χ3n) is 4.97. The highest BCUT2D eigenvalue weighted by Crippen LogP contribution is 2.21. The lowest BCUT2D eigenvalue weighted by molar-refractivity contribution is 0.301. The van der Waals surface area contributed by atoms with Gasteiger partial charge >= 0.3 is 0 Å². The lowest BCUT2D eigenvalue weighted by Crippen LogP contribution is -2.00. The molecule has 0 heterocycles. The van der Waals surface area contributed by atoms with Crippen LogP contribution in [0, 0.1) is 6.07 Å². The zero-order valence-corrected chi connectivity index (χ0v) is 17.0. The second-order valence-corrected chi connectivity index (χ2v) is 7.37. The lowest BCUT2D eigenvalue weighted by Gasteiger charge is -2.11. The Bertz CT molecular complexity index is 399. The molecule has 0 bridgehead atoms. The first-order valence-corrected chi connectivity index (χ1v) is 11.0. The maximum absolute atomic E-state index is 6.04. The average molecular weight is 346 g/mol. The van der Waals surface area contributed by atoms with Crippen LogP contribution in [0.1, 0.15) is 109 Å². The van der Waals surface area contributed by atoms with Gasteiger partial charge in [0.05, 0.1) is 6.61 Å². The van der Waals surface area contributed by atoms with Gasteiger partial charge in [-0.25, -0.2) is 0 Å². The number of benzene rings is 1. The first kappa shape index (κ1) is 22.1. The summed E-state index contributed by atoms with van der Waals surface area (Å²) < 4.78 is 6.04. The van der Waals surface area contributed by atoms with E-state index in [-0.39, 0.29) is 0 Å². The van der Waals surface area contributed by atoms with Crippen molar-refractivity contribution in [2.75, 3.05) is 6.61 Å². The van der Waals surface area contributed by atoms with Gasteiger partial charge < -0.3 is 4.74 Å². The third kappa shape index (κ3) is 12.1. The van der Waals surface area contributed by atoms with Crippen LogP contribution in [0.3, 0.4) is 0 Å². The summed E-state index contributed by atoms with van der Waals surface area (Å²) in [7, 11) is 0. The lowest BCUT2D eigenvalue weighted by atomic mass is 10.0. The van der Waals surface area contributed by atoms with Crippen LogP contribution in [0.2, 0.25) is 0 Å². The summed E-state index contributed by atoms with van der Waals surface area (Å²) in [6.07, 6.45) is 20.0. The quantitative estimate of drug-likeness (QED) is 0.261. The van der Waals surface area contributed by atoms with Crippen LogP contribution >= 0.6 is 0 Å². The SMILES string of the molecule is CCCCCCCCCOc1c[c]ccc1CCCCCCCCC. The molecule has 1 rings (SSSR count). The Labute approximate surface area is 157 Å². The first-order valence-electron chi connectivity index (χ1n) is 11.0. The standard InChI is InChI=1S/C24H41O/c1-3-5-7-9-11-13-15-19-23-20-16-17-21-24(23)25-22-18-14-12-10-8-6-4-2/h16,20-21H,3-15,18-19,22H2,1-2H3. The van der Waals surface area contributed by atoms with Crippen molar-refractivity contribution in [1.82, 2.24) is 0 Å². The first-order chi connectivity index (χ1) is 12.4. The molecule has 1 heteroatoms. The van der Waals surface area contributed by atoms with Gasteiger partial charge in [0.25, 0.3) is 0 Å². The molecule has 0 aromatic heterocycles. The van der Waals surface area contributed by atoms with Crippen molar-refractivity contribution in [2.24, 2.45) is 0 Å². The Morgan fingerprint density at radius 2 is 1.28 bits per heavy atom. The molecule has 0 aliphatic carbocycles. The fraction of sp³-hybridized carbons (Fsp3) is 0.750. The molecule has 0 spiro atoms. The molecule has 0 saturated carbocycles. The maximum atomic E-state index is 6.04. The van der Waals surface area contributed by atoms with Gasteiger partial charge in [-0.1, -0.05) is 103 Å². The van der Waals surface area contributed by atoms with Gasteiger partial charge in [0.15, 0.2) is 0 Å². The maximum Gasteiger partial charge on any atom is 0.123 e. The zero-order chi connectivity index (χ0) is 18.0. The predicted octanol–water partition coefficient (Wildman–Crippen LogP) is 7.91. The van der Waals surface area contributed by atoms with Crippen LogP contribution < -0.4 is 4.74 Å². The van der Waals surface area contributed by atoms with E-state index < -0.39 is 0 Å². The van der Waals surface area contributed by atoms with Crippen molar-refractivity contribution in [1.29, 1.82) is 0 Å². The molecule has 143 valence electrons. The largest absolute Gasteiger partial charge is 0.493 e. The van der Waals surface area contributed by atoms with Crippen molar-refractivity contribution in [3.8, 4) is 5.75 Å². The minimum atomic E-state index is 0.857. The number of hydrogen-bond acceptors (Lipinski definition) is 1. The van der Waals surface area contributed by atoms with Gasteiger partial charge in [-0.2, -0.15) is 0 Å². The summed E-state index contributed by atoms with van der Waals surface area (Å²) in [6, 6.07) is 9.42. The monoisotopic (exact) mass is 345 g/mol. The van der Waals surface area contributed by atoms with Gasteiger partial charge in [0, 0.05) is 0 Å². The van der Waals surface area contributed by atoms with E-state index in [4.69, 9.17) is 4.74 Å². The second kappa shape index (κ2) is 16.5. The molecule has 0 unspecified atom stereocenters. The Morgan fingerprint density at radius 3 is 1.92 bits per heavy atom. The molecule has 1 nitrogen and oxygen atoms in total. The van der Waals surface area contributed by atoms with E-state index >= 15 is 0 Å². The fourth-order valence-corrected chi connectivity index (χ4v) is 3.30. The summed E-state index contributed by atoms with van der Waals surface area (Å²) in [5.74, 6) is 1.07. The number of hydrogen-bond donors (Lipinski definition) is 0. The van der Waals surface area contributed by atoms with Crippen molar-refractivity contribution in [2.45, 2.75) is 110 Å². The van der Waals surface area contributed by atoms with Crippen molar-refractivity contribution >= 4 is 0 Å². The molecular weight excluding hydrogens is 304 g/mol. The normalized spacial score (nSPS) is 11.0. The van der Waals surface area contributed by atoms with E-state index in [9.17, 15) is 0 Å². The van der Waals surface area contributed by atoms with E-state index in [0.717, 1.165) is 18.8 Å². The Morgan fingerprint density at radius 1 is 0.720 bits per heavy atom. The molecule has 1 radical (unpaired) electrons. The molecular formula is C24H41O. The summed E-state index contributed by atoms with van der Waals surface area (Å²) in [5, 5.41) is 0. The predicted molar refractivity (Wildman–Crippen MR) is 110 cm³/mol. The van der Waals surface area contributed by atoms with Crippen molar-refractivity contribution in [3.05, 3.63) is 29.8 Å². The molecule has 0 fully saturated rings. The molecule has 0 aliphatic heterocycles. The van der Waals surface area contributed by atoms with E-state index in [2.05, 4.69) is 26.0 Å². The molecule has 1 aromatic carbocycles. The molecule has 0 aliphatic rings. The number of aryl methyl sites for hydroxylation is 1. The van der Waals surface area contributed by atoms with Gasteiger partial charge in [-0.05, 0) is 37.0 Å². The Hall–Kier alpha value is -0.980. The van der Waals surface area contributed by atoms with Gasteiger partial charge in [0.2, 0.25) is 0 Å². The van der Waals surface area contributed by atoms with Gasteiger partial charge in [-0.15, -0.1) is 0 Å². The Kier molecular flexibility index (Phi) is 14.5. The topological polar surface area (TPSA) is 9.23 Å². The van der Waals surface area contributed by atoms with Gasteiger partial charge in [-0.3, -0.25) is 0 Å². The van der Waals surface area contributed by atoms with E-state index in [0.29, 0.717) is 0 Å². The van der Waals surface area contributed by atoms with Gasteiger partial charge in [0.1, 0.15) is 5.75 Å². The summed E-state index contributed by atoms with van der Waals surface area (Å²) in [6.45, 7) is 5.41. The van der Waals surface area contributed by atoms with Crippen LogP contribution in [0.5, 0.6) is 5.75 Å². The number of unbranched alkanes of at least 4 members (excludes halogenated alkanes) is 12. The smallest absolute Gasteiger partial charge is 0.123 e. The molecule has 0 amide bonds. The molecule has 25 heavy (non-hydrogen) atoms. The summed E-state index contributed by atoms with van der Waals surface area (Å²) in [4.78, 5) is 0. The van der Waals surface area contributed by atoms with Crippen LogP contribution in [0.15, 0.2) is 18.2 Å². The molecule has 1 aromatic rings. The van der Waals surface area contributed by atoms with E-state index in [1.54, 1.807) is 0 Å². The van der Waals surface area contributed by atoms with Crippen LogP contribution in [0.25, 0.3) is 0 Å². The highest BCUT2D eigenvalue weighted by molar-refractivity contribution is 5.32. The highest BCUT2D eigenvalue weighted by atomic mass is 16.5. The summed E-state index contributed by atoms with van der Waals surface area (Å²) >= 11 is 0. The number of rotatable bonds is 17. The molecule has 0 atom stereocenters. The summed E-state index contributed by atoms with van der Waals surface area (Å²) in [5.41, 5.74) is 1.37. The highest BCUT2D eigenvalue weighted by Gasteiger charge is 2.03. The third-order valence-corrected chi connectivity index (χ3v) is 4.97. The minimum absolute atomic E-state index is 0.857. The molecule has 0 N–H and O–H groups in total. The minimum Gasteiger partial charge on any atom is -0.493 e. The Balaban J connectivity index is 2.12. The second-order valence-electron chi connectivity index (χ2n) is 7.37. The van der Waals surface area contributed by atoms with E-state index in [1.165, 1.54) is 95.5 Å². The number of ether oxygens (including phenoxy) is 1. The van der Waals surface area contributed by atoms with Crippen LogP contribution in [-0.2, 0) is 6.42 Å². The van der Waals surface area contributed by atoms with Crippen LogP contribution in [0.4, 0.5) is 0 Å². The average Bonchev–Trinajstić information content (AvgIpc) is 2.64. The zero-order valence-electron chi connectivity index (χ0n) is 17.0.